The number of nitrogens with two attached hydrogens (primary N) is 1. The molecule has 0 radical (unpaired) electrons. The van der Waals surface area contributed by atoms with Gasteiger partial charge in [0.1, 0.15) is 0 Å². The molecule has 2 N–H and O–H groups in total. The summed E-state index contributed by atoms with van der Waals surface area (Å²) in [6.07, 6.45) is 0. The Bertz CT molecular complexity index is 228. The molecule has 0 amide bonds. The Balaban J connectivity index is 2.20. The van der Waals surface area contributed by atoms with Gasteiger partial charge in [0.15, 0.2) is 0 Å². The minimum atomic E-state index is -0.0799. The molecule has 0 heterocycles. The van der Waals surface area contributed by atoms with Crippen LogP contribution in [0.5, 0.6) is 0 Å². The zero-order chi connectivity index (χ0) is 9.52. The molecular weight excluding hydrogens is 186 g/mol. The van der Waals surface area contributed by atoms with Gasteiger partial charge in [-0.1, -0.05) is 30.3 Å². The average molecular weight is 200 g/mol. The van der Waals surface area contributed by atoms with Gasteiger partial charge in [0, 0.05) is 6.54 Å². The standard InChI is InChI=1S/C10H14ClNO/c11-10(6-12)8-13-7-9-4-2-1-3-5-9/h1-5,10H,6-8,12H2. The fraction of sp³-hybridized carbons (Fsp3) is 0.400. The molecule has 0 aliphatic heterocycles. The van der Waals surface area contributed by atoms with Gasteiger partial charge in [0.2, 0.25) is 0 Å². The first kappa shape index (κ1) is 10.5. The lowest BCUT2D eigenvalue weighted by molar-refractivity contribution is 0.122. The first-order chi connectivity index (χ1) is 6.33. The van der Waals surface area contributed by atoms with Crippen LogP contribution in [0.3, 0.4) is 0 Å². The summed E-state index contributed by atoms with van der Waals surface area (Å²) in [4.78, 5) is 0. The molecule has 0 aliphatic rings. The number of ether oxygens (including phenoxy) is 1. The molecule has 3 heteroatoms. The number of alkyl halides is 1. The van der Waals surface area contributed by atoms with Crippen LogP contribution in [0.4, 0.5) is 0 Å². The highest BCUT2D eigenvalue weighted by Gasteiger charge is 2.00. The van der Waals surface area contributed by atoms with Crippen LogP contribution in [-0.2, 0) is 11.3 Å². The maximum Gasteiger partial charge on any atom is 0.0717 e. The first-order valence-corrected chi connectivity index (χ1v) is 4.72. The maximum atomic E-state index is 5.78. The second-order valence-corrected chi connectivity index (χ2v) is 3.45. The van der Waals surface area contributed by atoms with Gasteiger partial charge < -0.3 is 10.5 Å². The number of hydrogen-bond donors (Lipinski definition) is 1. The molecule has 1 aromatic carbocycles. The van der Waals surface area contributed by atoms with Gasteiger partial charge in [0.25, 0.3) is 0 Å². The van der Waals surface area contributed by atoms with E-state index in [4.69, 9.17) is 22.1 Å². The highest BCUT2D eigenvalue weighted by Crippen LogP contribution is 2.02. The molecule has 0 aromatic heterocycles. The van der Waals surface area contributed by atoms with Crippen molar-refractivity contribution in [3.63, 3.8) is 0 Å². The minimum Gasteiger partial charge on any atom is -0.375 e. The summed E-state index contributed by atoms with van der Waals surface area (Å²) in [5, 5.41) is -0.0799. The van der Waals surface area contributed by atoms with Crippen LogP contribution in [0, 0.1) is 0 Å². The first-order valence-electron chi connectivity index (χ1n) is 4.28. The molecule has 2 nitrogen and oxygen atoms in total. The molecule has 0 bridgehead atoms. The molecule has 1 aromatic rings. The number of rotatable bonds is 5. The van der Waals surface area contributed by atoms with E-state index in [0.29, 0.717) is 19.8 Å². The Morgan fingerprint density at radius 3 is 2.62 bits per heavy atom. The van der Waals surface area contributed by atoms with Crippen LogP contribution in [0.1, 0.15) is 5.56 Å². The van der Waals surface area contributed by atoms with Crippen LogP contribution in [0.25, 0.3) is 0 Å². The van der Waals surface area contributed by atoms with Crippen LogP contribution in [0.15, 0.2) is 30.3 Å². The largest absolute Gasteiger partial charge is 0.375 e. The van der Waals surface area contributed by atoms with E-state index in [1.54, 1.807) is 0 Å². The van der Waals surface area contributed by atoms with Crippen LogP contribution in [0.2, 0.25) is 0 Å². The lowest BCUT2D eigenvalue weighted by Gasteiger charge is -2.07. The van der Waals surface area contributed by atoms with E-state index in [-0.39, 0.29) is 5.38 Å². The zero-order valence-corrected chi connectivity index (χ0v) is 8.20. The van der Waals surface area contributed by atoms with Crippen molar-refractivity contribution in [2.24, 2.45) is 5.73 Å². The Labute approximate surface area is 83.6 Å². The lowest BCUT2D eigenvalue weighted by atomic mass is 10.2. The maximum absolute atomic E-state index is 5.78. The van der Waals surface area contributed by atoms with Gasteiger partial charge in [-0.25, -0.2) is 0 Å². The van der Waals surface area contributed by atoms with Gasteiger partial charge in [-0.2, -0.15) is 0 Å². The molecule has 0 spiro atoms. The van der Waals surface area contributed by atoms with Crippen molar-refractivity contribution in [1.29, 1.82) is 0 Å². The van der Waals surface area contributed by atoms with E-state index in [1.807, 2.05) is 30.3 Å². The molecule has 1 unspecified atom stereocenters. The minimum absolute atomic E-state index is 0.0799. The highest BCUT2D eigenvalue weighted by atomic mass is 35.5. The highest BCUT2D eigenvalue weighted by molar-refractivity contribution is 6.20. The van der Waals surface area contributed by atoms with Crippen LogP contribution >= 0.6 is 11.6 Å². The van der Waals surface area contributed by atoms with Crippen molar-refractivity contribution < 1.29 is 4.74 Å². The van der Waals surface area contributed by atoms with Gasteiger partial charge in [-0.15, -0.1) is 11.6 Å². The number of halogens is 1. The van der Waals surface area contributed by atoms with E-state index in [0.717, 1.165) is 5.56 Å². The second-order valence-electron chi connectivity index (χ2n) is 2.83. The smallest absolute Gasteiger partial charge is 0.0717 e. The third-order valence-corrected chi connectivity index (χ3v) is 1.97. The molecule has 72 valence electrons. The SMILES string of the molecule is NCC(Cl)COCc1ccccc1. The van der Waals surface area contributed by atoms with Gasteiger partial charge in [-0.3, -0.25) is 0 Å². The van der Waals surface area contributed by atoms with E-state index in [9.17, 15) is 0 Å². The molecule has 13 heavy (non-hydrogen) atoms. The Morgan fingerprint density at radius 2 is 2.00 bits per heavy atom. The van der Waals surface area contributed by atoms with Crippen molar-refractivity contribution in [2.45, 2.75) is 12.0 Å². The molecule has 1 atom stereocenters. The molecule has 0 fully saturated rings. The van der Waals surface area contributed by atoms with Gasteiger partial charge >= 0.3 is 0 Å². The summed E-state index contributed by atoms with van der Waals surface area (Å²) in [6.45, 7) is 1.56. The summed E-state index contributed by atoms with van der Waals surface area (Å²) in [6, 6.07) is 9.99. The molecule has 0 saturated carbocycles. The van der Waals surface area contributed by atoms with Gasteiger partial charge in [-0.05, 0) is 5.56 Å². The van der Waals surface area contributed by atoms with Crippen molar-refractivity contribution in [1.82, 2.24) is 0 Å². The quantitative estimate of drug-likeness (QED) is 0.734. The third kappa shape index (κ3) is 4.27. The number of benzene rings is 1. The average Bonchev–Trinajstić information content (AvgIpc) is 2.19. The predicted molar refractivity (Wildman–Crippen MR) is 54.8 cm³/mol. The molecular formula is C10H14ClNO. The summed E-state index contributed by atoms with van der Waals surface area (Å²) in [5.74, 6) is 0. The summed E-state index contributed by atoms with van der Waals surface area (Å²) in [7, 11) is 0. The zero-order valence-electron chi connectivity index (χ0n) is 7.45. The van der Waals surface area contributed by atoms with Crippen LogP contribution < -0.4 is 5.73 Å². The second kappa shape index (κ2) is 5.97. The van der Waals surface area contributed by atoms with E-state index in [1.165, 1.54) is 0 Å². The Hall–Kier alpha value is -0.570. The van der Waals surface area contributed by atoms with Crippen molar-refractivity contribution in [2.75, 3.05) is 13.2 Å². The van der Waals surface area contributed by atoms with Crippen LogP contribution in [-0.4, -0.2) is 18.5 Å². The van der Waals surface area contributed by atoms with E-state index < -0.39 is 0 Å². The molecule has 0 saturated heterocycles. The van der Waals surface area contributed by atoms with E-state index in [2.05, 4.69) is 0 Å². The van der Waals surface area contributed by atoms with Crippen molar-refractivity contribution >= 4 is 11.6 Å². The summed E-state index contributed by atoms with van der Waals surface area (Å²) >= 11 is 5.78. The van der Waals surface area contributed by atoms with Crippen molar-refractivity contribution in [3.8, 4) is 0 Å². The summed E-state index contributed by atoms with van der Waals surface area (Å²) in [5.41, 5.74) is 6.50. The summed E-state index contributed by atoms with van der Waals surface area (Å²) < 4.78 is 5.36. The number of hydrogen-bond acceptors (Lipinski definition) is 2. The van der Waals surface area contributed by atoms with Crippen molar-refractivity contribution in [3.05, 3.63) is 35.9 Å². The van der Waals surface area contributed by atoms with Gasteiger partial charge in [0.05, 0.1) is 18.6 Å². The molecule has 0 aliphatic carbocycles. The predicted octanol–water partition coefficient (Wildman–Crippen LogP) is 1.77. The Morgan fingerprint density at radius 1 is 1.31 bits per heavy atom. The fourth-order valence-electron chi connectivity index (χ4n) is 0.947. The normalized spacial score (nSPS) is 12.8. The fourth-order valence-corrected chi connectivity index (χ4v) is 1.04. The Kier molecular flexibility index (Phi) is 4.83. The molecule has 1 rings (SSSR count). The topological polar surface area (TPSA) is 35.2 Å². The third-order valence-electron chi connectivity index (χ3n) is 1.67. The monoisotopic (exact) mass is 199 g/mol. The lowest BCUT2D eigenvalue weighted by Crippen LogP contribution is -2.19. The van der Waals surface area contributed by atoms with E-state index >= 15 is 0 Å².